The number of cyclic esters (lactones) is 1. The Labute approximate surface area is 314 Å². The van der Waals surface area contributed by atoms with Crippen LogP contribution in [0.25, 0.3) is 27.9 Å². The van der Waals surface area contributed by atoms with Crippen LogP contribution < -0.4 is 10.7 Å². The highest BCUT2D eigenvalue weighted by atomic mass is 32.1. The molecule has 0 radical (unpaired) electrons. The van der Waals surface area contributed by atoms with E-state index in [4.69, 9.17) is 24.2 Å². The van der Waals surface area contributed by atoms with E-state index in [2.05, 4.69) is 60.3 Å². The van der Waals surface area contributed by atoms with Crippen LogP contribution in [0.5, 0.6) is 0 Å². The van der Waals surface area contributed by atoms with Crippen molar-refractivity contribution in [3.8, 4) is 22.4 Å². The van der Waals surface area contributed by atoms with Crippen molar-refractivity contribution in [3.63, 3.8) is 0 Å². The molecule has 5 atom stereocenters. The Balaban J connectivity index is 1.36. The van der Waals surface area contributed by atoms with Gasteiger partial charge in [-0.25, -0.2) is 15.2 Å². The van der Waals surface area contributed by atoms with E-state index < -0.39 is 29.2 Å². The van der Waals surface area contributed by atoms with Crippen molar-refractivity contribution < 1.29 is 28.6 Å². The number of alkyl carbamates (subject to hydrolysis) is 1. The van der Waals surface area contributed by atoms with Gasteiger partial charge in [0.1, 0.15) is 17.7 Å². The van der Waals surface area contributed by atoms with Gasteiger partial charge in [0, 0.05) is 71.2 Å². The van der Waals surface area contributed by atoms with Crippen LogP contribution in [0.15, 0.2) is 42.0 Å². The Morgan fingerprint density at radius 3 is 2.77 bits per heavy atom. The fraction of sp³-hybridized carbons (Fsp3) is 0.525. The molecule has 2 N–H and O–H groups in total. The molecule has 6 bridgehead atoms. The van der Waals surface area contributed by atoms with Crippen LogP contribution in [0.2, 0.25) is 0 Å². The number of nitrogens with one attached hydrogen (secondary N) is 2. The maximum absolute atomic E-state index is 14.2. The zero-order chi connectivity index (χ0) is 37.8. The van der Waals surface area contributed by atoms with Gasteiger partial charge in [-0.15, -0.1) is 11.3 Å². The molecule has 1 saturated carbocycles. The first-order valence-electron chi connectivity index (χ1n) is 18.5. The van der Waals surface area contributed by atoms with Crippen molar-refractivity contribution in [2.45, 2.75) is 97.9 Å². The fourth-order valence-corrected chi connectivity index (χ4v) is 8.57. The lowest BCUT2D eigenvalue weighted by Gasteiger charge is -2.35. The van der Waals surface area contributed by atoms with Crippen LogP contribution >= 0.6 is 11.3 Å². The molecule has 0 spiro atoms. The summed E-state index contributed by atoms with van der Waals surface area (Å²) in [5.74, 6) is -0.484. The SMILES string of the molecule is CCc1c(-c2cccnc2[C@H](C)OC)c2c3cc(ccn13)-c1csc(n1)C[C@H](NC(=O)OC(C)(C)C)C(=O)N1CC3CC3[C@H](N1)C(=O)OCC(C)(C)C2. The summed E-state index contributed by atoms with van der Waals surface area (Å²) < 4.78 is 19.7. The summed E-state index contributed by atoms with van der Waals surface area (Å²) in [6.07, 6.45) is 5.34. The van der Waals surface area contributed by atoms with Crippen molar-refractivity contribution in [2.75, 3.05) is 20.3 Å². The summed E-state index contributed by atoms with van der Waals surface area (Å²) in [4.78, 5) is 50.8. The van der Waals surface area contributed by atoms with Crippen LogP contribution in [0, 0.1) is 17.3 Å². The van der Waals surface area contributed by atoms with E-state index in [9.17, 15) is 14.4 Å². The van der Waals surface area contributed by atoms with E-state index in [1.54, 1.807) is 34.1 Å². The number of amides is 2. The molecule has 0 aromatic carbocycles. The van der Waals surface area contributed by atoms with Gasteiger partial charge in [-0.1, -0.05) is 26.8 Å². The van der Waals surface area contributed by atoms with E-state index in [1.807, 2.05) is 18.4 Å². The van der Waals surface area contributed by atoms with Gasteiger partial charge in [-0.3, -0.25) is 19.6 Å². The molecule has 2 fully saturated rings. The fourth-order valence-electron chi connectivity index (χ4n) is 7.72. The van der Waals surface area contributed by atoms with Crippen LogP contribution in [0.1, 0.15) is 82.9 Å². The zero-order valence-electron chi connectivity index (χ0n) is 31.8. The third kappa shape index (κ3) is 7.56. The molecular weight excluding hydrogens is 693 g/mol. The lowest BCUT2D eigenvalue weighted by molar-refractivity contribution is -0.155. The minimum Gasteiger partial charge on any atom is -0.464 e. The number of pyridine rings is 2. The highest BCUT2D eigenvalue weighted by Crippen LogP contribution is 2.45. The number of aromatic nitrogens is 3. The minimum atomic E-state index is -0.973. The van der Waals surface area contributed by atoms with Crippen molar-refractivity contribution in [3.05, 3.63) is 64.0 Å². The monoisotopic (exact) mass is 742 g/mol. The van der Waals surface area contributed by atoms with Gasteiger partial charge in [-0.2, -0.15) is 0 Å². The summed E-state index contributed by atoms with van der Waals surface area (Å²) in [6.45, 7) is 14.4. The molecule has 7 rings (SSSR count). The molecule has 12 nitrogen and oxygen atoms in total. The zero-order valence-corrected chi connectivity index (χ0v) is 32.6. The summed E-state index contributed by atoms with van der Waals surface area (Å²) in [6, 6.07) is 6.68. The number of hydrogen-bond donors (Lipinski definition) is 2. The first-order valence-corrected chi connectivity index (χ1v) is 19.4. The van der Waals surface area contributed by atoms with Crippen molar-refractivity contribution in [1.29, 1.82) is 0 Å². The average molecular weight is 743 g/mol. The summed E-state index contributed by atoms with van der Waals surface area (Å²) in [5, 5.41) is 6.97. The number of rotatable bonds is 5. The summed E-state index contributed by atoms with van der Waals surface area (Å²) >= 11 is 1.44. The van der Waals surface area contributed by atoms with E-state index in [0.717, 1.165) is 57.7 Å². The Bertz CT molecular complexity index is 2050. The number of thiazole rings is 1. The van der Waals surface area contributed by atoms with Gasteiger partial charge in [0.25, 0.3) is 5.91 Å². The highest BCUT2D eigenvalue weighted by molar-refractivity contribution is 7.10. The van der Waals surface area contributed by atoms with Gasteiger partial charge in [-0.05, 0) is 82.6 Å². The molecule has 4 aromatic heterocycles. The molecule has 53 heavy (non-hydrogen) atoms. The van der Waals surface area contributed by atoms with Crippen molar-refractivity contribution in [2.24, 2.45) is 17.3 Å². The second-order valence-electron chi connectivity index (χ2n) is 16.3. The number of esters is 1. The van der Waals surface area contributed by atoms with E-state index >= 15 is 0 Å². The molecule has 2 aliphatic heterocycles. The predicted octanol–water partition coefficient (Wildman–Crippen LogP) is 6.31. The third-order valence-electron chi connectivity index (χ3n) is 10.4. The Morgan fingerprint density at radius 2 is 2.04 bits per heavy atom. The third-order valence-corrected chi connectivity index (χ3v) is 11.3. The van der Waals surface area contributed by atoms with E-state index in [-0.39, 0.29) is 42.8 Å². The molecule has 3 aliphatic rings. The number of fused-ring (bicyclic) bond motifs is 8. The van der Waals surface area contributed by atoms with Crippen LogP contribution in [-0.2, 0) is 43.1 Å². The second-order valence-corrected chi connectivity index (χ2v) is 17.3. The minimum absolute atomic E-state index is 0.0818. The topological polar surface area (TPSA) is 136 Å². The predicted molar refractivity (Wildman–Crippen MR) is 202 cm³/mol. The number of aryl methyl sites for hydroxylation is 1. The Hall–Kier alpha value is -4.33. The number of ether oxygens (including phenoxy) is 3. The Morgan fingerprint density at radius 1 is 1.25 bits per heavy atom. The van der Waals surface area contributed by atoms with Gasteiger partial charge in [0.05, 0.1) is 29.1 Å². The molecular formula is C40H50N6O6S. The van der Waals surface area contributed by atoms with E-state index in [0.29, 0.717) is 18.0 Å². The van der Waals surface area contributed by atoms with Gasteiger partial charge < -0.3 is 23.9 Å². The maximum Gasteiger partial charge on any atom is 0.408 e. The van der Waals surface area contributed by atoms with Crippen LogP contribution in [0.4, 0.5) is 4.79 Å². The van der Waals surface area contributed by atoms with Crippen molar-refractivity contribution >= 4 is 34.8 Å². The van der Waals surface area contributed by atoms with Crippen LogP contribution in [0.3, 0.4) is 0 Å². The standard InChI is InChI=1S/C40H50N6O6S/c1-9-30-33(25-11-10-13-41-34(25)22(2)50-8)27-18-40(6,7)21-51-37(48)35-26-15-24(26)19-46(44-35)36(47)28(43-38(49)52-39(3,4)5)17-32-42-29(20-53-32)23-12-14-45(30)31(27)16-23/h10-14,16,20,22,24,26,28,35,44H,9,15,17-19,21H2,1-8H3,(H,43,49)/t22-,24?,26?,28-,35-/m0/s1. The molecule has 4 aromatic rings. The van der Waals surface area contributed by atoms with Crippen molar-refractivity contribution in [1.82, 2.24) is 30.1 Å². The first kappa shape index (κ1) is 37.0. The lowest BCUT2D eigenvalue weighted by atomic mass is 9.83. The number of carbonyl (C=O) groups excluding carboxylic acids is 3. The number of hydrogen-bond acceptors (Lipinski definition) is 10. The molecule has 1 saturated heterocycles. The number of hydrazine groups is 1. The van der Waals surface area contributed by atoms with E-state index in [1.165, 1.54) is 16.3 Å². The van der Waals surface area contributed by atoms with Gasteiger partial charge in [0.15, 0.2) is 0 Å². The molecule has 1 aliphatic carbocycles. The molecule has 2 unspecified atom stereocenters. The summed E-state index contributed by atoms with van der Waals surface area (Å²) in [7, 11) is 1.70. The molecule has 282 valence electrons. The second kappa shape index (κ2) is 14.1. The molecule has 2 amide bonds. The quantitative estimate of drug-likeness (QED) is 0.226. The van der Waals surface area contributed by atoms with Gasteiger partial charge in [0.2, 0.25) is 0 Å². The normalized spacial score (nSPS) is 23.5. The van der Waals surface area contributed by atoms with Gasteiger partial charge >= 0.3 is 12.1 Å². The lowest BCUT2D eigenvalue weighted by Crippen LogP contribution is -2.61. The number of methoxy groups -OCH3 is 1. The Kier molecular flexibility index (Phi) is 9.88. The van der Waals surface area contributed by atoms with Crippen LogP contribution in [-0.4, -0.2) is 75.3 Å². The molecule has 6 heterocycles. The first-order chi connectivity index (χ1) is 25.2. The average Bonchev–Trinajstić information content (AvgIpc) is 3.65. The molecule has 13 heteroatoms. The number of nitrogens with zero attached hydrogens (tertiary/aromatic N) is 4. The highest BCUT2D eigenvalue weighted by Gasteiger charge is 2.53. The smallest absolute Gasteiger partial charge is 0.408 e. The largest absolute Gasteiger partial charge is 0.464 e. The maximum atomic E-state index is 14.2. The number of carbonyl (C=O) groups is 3. The summed E-state index contributed by atoms with van der Waals surface area (Å²) in [5.41, 5.74) is 10.0.